The Morgan fingerprint density at radius 3 is 1.78 bits per heavy atom. The third-order valence-electron chi connectivity index (χ3n) is 12.0. The van der Waals surface area contributed by atoms with Crippen LogP contribution in [0.3, 0.4) is 0 Å². The van der Waals surface area contributed by atoms with Crippen LogP contribution in [0.15, 0.2) is 199 Å². The third-order valence-corrected chi connectivity index (χ3v) is 13.1. The largest absolute Gasteiger partial charge is 0.456 e. The molecule has 0 spiro atoms. The quantitative estimate of drug-likeness (QED) is 0.173. The van der Waals surface area contributed by atoms with Gasteiger partial charge in [-0.25, -0.2) is 15.0 Å². The Morgan fingerprint density at radius 1 is 0.385 bits per heavy atom. The molecule has 0 saturated heterocycles. The summed E-state index contributed by atoms with van der Waals surface area (Å²) in [4.78, 5) is 15.4. The maximum Gasteiger partial charge on any atom is 0.164 e. The molecular weight excluding hydrogens is 813 g/mol. The topological polar surface area (TPSA) is 56.7 Å². The highest BCUT2D eigenvalue weighted by molar-refractivity contribution is 7.25. The van der Waals surface area contributed by atoms with E-state index in [1.165, 1.54) is 52.8 Å². The molecule has 4 aromatic heterocycles. The average Bonchev–Trinajstić information content (AvgIpc) is 4.06. The summed E-state index contributed by atoms with van der Waals surface area (Å²) < 4.78 is 11.3. The van der Waals surface area contributed by atoms with Crippen molar-refractivity contribution < 1.29 is 4.42 Å². The van der Waals surface area contributed by atoms with Crippen molar-refractivity contribution in [2.24, 2.45) is 0 Å². The van der Waals surface area contributed by atoms with Crippen molar-refractivity contribution in [1.29, 1.82) is 0 Å². The van der Waals surface area contributed by atoms with Crippen LogP contribution in [-0.2, 0) is 0 Å². The number of para-hydroxylation sites is 2. The van der Waals surface area contributed by atoms with E-state index in [0.29, 0.717) is 17.5 Å². The van der Waals surface area contributed by atoms with Crippen LogP contribution in [0.1, 0.15) is 27.7 Å². The average molecular weight is 857 g/mol. The number of hydrogen-bond acceptors (Lipinski definition) is 5. The van der Waals surface area contributed by atoms with Gasteiger partial charge in [0.25, 0.3) is 0 Å². The standard InChI is InChI=1S/C55H32N4OS.2C2H6/c1-2-12-33(13-3-1)53-56-54(58-55(57-53)38-25-26-42-41-18-6-8-22-48(41)60-49(42)31-38)37-16-10-17-39(28-37)59-47-30-35-15-5-4-14-34(35)29-46(47)45-21-11-20-40(52(45)59)36-24-27-44-43-19-7-9-23-50(43)61-51(44)32-36;2*1-2/h1-32H;2*1-2H3. The van der Waals surface area contributed by atoms with E-state index in [4.69, 9.17) is 19.4 Å². The molecule has 65 heavy (non-hydrogen) atoms. The first-order valence-electron chi connectivity index (χ1n) is 22.4. The number of aromatic nitrogens is 4. The summed E-state index contributed by atoms with van der Waals surface area (Å²) in [5.74, 6) is 1.79. The smallest absolute Gasteiger partial charge is 0.164 e. The third kappa shape index (κ3) is 6.82. The lowest BCUT2D eigenvalue weighted by Crippen LogP contribution is -2.01. The van der Waals surface area contributed by atoms with Gasteiger partial charge in [0, 0.05) is 69.7 Å². The van der Waals surface area contributed by atoms with Crippen LogP contribution in [0.25, 0.3) is 126 Å². The minimum atomic E-state index is 0.582. The normalized spacial score (nSPS) is 11.4. The monoisotopic (exact) mass is 856 g/mol. The zero-order valence-corrected chi connectivity index (χ0v) is 37.4. The van der Waals surface area contributed by atoms with Crippen molar-refractivity contribution >= 4 is 86.0 Å². The molecule has 0 atom stereocenters. The molecule has 6 heteroatoms. The first kappa shape index (κ1) is 39.9. The highest BCUT2D eigenvalue weighted by atomic mass is 32.1. The van der Waals surface area contributed by atoms with Gasteiger partial charge in [0.1, 0.15) is 11.2 Å². The van der Waals surface area contributed by atoms with E-state index in [1.54, 1.807) is 0 Å². The van der Waals surface area contributed by atoms with E-state index in [0.717, 1.165) is 55.3 Å². The second kappa shape index (κ2) is 16.6. The summed E-state index contributed by atoms with van der Waals surface area (Å²) in [7, 11) is 0. The molecule has 13 aromatic rings. The van der Waals surface area contributed by atoms with Gasteiger partial charge in [-0.1, -0.05) is 167 Å². The highest BCUT2D eigenvalue weighted by Crippen LogP contribution is 2.43. The summed E-state index contributed by atoms with van der Waals surface area (Å²) in [6, 6.07) is 68.8. The minimum Gasteiger partial charge on any atom is -0.456 e. The second-order valence-electron chi connectivity index (χ2n) is 15.6. The number of furan rings is 1. The SMILES string of the molecule is CC.CC.c1ccc(-c2nc(-c3cccc(-n4c5cc6ccccc6cc5c5cccc(-c6ccc7c(c6)sc6ccccc67)c54)c3)nc(-c3ccc4c(c3)oc3ccccc34)n2)cc1. The predicted octanol–water partition coefficient (Wildman–Crippen LogP) is 17.1. The number of hydrogen-bond donors (Lipinski definition) is 0. The Hall–Kier alpha value is -7.93. The molecule has 13 rings (SSSR count). The second-order valence-corrected chi connectivity index (χ2v) is 16.7. The van der Waals surface area contributed by atoms with Crippen molar-refractivity contribution in [3.05, 3.63) is 194 Å². The van der Waals surface area contributed by atoms with Crippen LogP contribution in [0.4, 0.5) is 0 Å². The van der Waals surface area contributed by atoms with Crippen LogP contribution < -0.4 is 0 Å². The summed E-state index contributed by atoms with van der Waals surface area (Å²) in [5, 5.41) is 9.56. The van der Waals surface area contributed by atoms with Crippen LogP contribution in [0.2, 0.25) is 0 Å². The van der Waals surface area contributed by atoms with Gasteiger partial charge in [0.15, 0.2) is 17.5 Å². The van der Waals surface area contributed by atoms with Gasteiger partial charge in [-0.3, -0.25) is 0 Å². The van der Waals surface area contributed by atoms with Gasteiger partial charge in [0.05, 0.1) is 11.0 Å². The maximum absolute atomic E-state index is 6.30. The van der Waals surface area contributed by atoms with Crippen molar-refractivity contribution in [3.63, 3.8) is 0 Å². The Balaban J connectivity index is 0.00000114. The van der Waals surface area contributed by atoms with E-state index in [-0.39, 0.29) is 0 Å². The fourth-order valence-electron chi connectivity index (χ4n) is 9.15. The van der Waals surface area contributed by atoms with E-state index in [1.807, 2.05) is 93.6 Å². The molecule has 0 aliphatic rings. The lowest BCUT2D eigenvalue weighted by molar-refractivity contribution is 0.669. The molecule has 0 unspecified atom stereocenters. The van der Waals surface area contributed by atoms with Crippen molar-refractivity contribution in [3.8, 4) is 51.0 Å². The van der Waals surface area contributed by atoms with E-state index >= 15 is 0 Å². The molecule has 9 aromatic carbocycles. The molecule has 0 N–H and O–H groups in total. The summed E-state index contributed by atoms with van der Waals surface area (Å²) >= 11 is 1.85. The lowest BCUT2D eigenvalue weighted by atomic mass is 10.00. The van der Waals surface area contributed by atoms with Crippen LogP contribution in [0.5, 0.6) is 0 Å². The van der Waals surface area contributed by atoms with Crippen molar-refractivity contribution in [2.75, 3.05) is 0 Å². The highest BCUT2D eigenvalue weighted by Gasteiger charge is 2.20. The van der Waals surface area contributed by atoms with E-state index in [9.17, 15) is 0 Å². The fraction of sp³-hybridized carbons (Fsp3) is 0.0678. The Morgan fingerprint density at radius 2 is 0.969 bits per heavy atom. The zero-order valence-electron chi connectivity index (χ0n) is 36.6. The molecule has 5 nitrogen and oxygen atoms in total. The first-order chi connectivity index (χ1) is 32.2. The number of fused-ring (bicyclic) bond motifs is 10. The van der Waals surface area contributed by atoms with Crippen LogP contribution in [0, 0.1) is 0 Å². The molecular formula is C59H44N4OS. The van der Waals surface area contributed by atoms with E-state index in [2.05, 4.69) is 144 Å². The molecule has 0 aliphatic heterocycles. The molecule has 0 amide bonds. The Kier molecular flexibility index (Phi) is 10.2. The fourth-order valence-corrected chi connectivity index (χ4v) is 10.3. The molecule has 0 radical (unpaired) electrons. The minimum absolute atomic E-state index is 0.582. The van der Waals surface area contributed by atoms with Gasteiger partial charge >= 0.3 is 0 Å². The van der Waals surface area contributed by atoms with Crippen LogP contribution in [-0.4, -0.2) is 19.5 Å². The van der Waals surface area contributed by atoms with Gasteiger partial charge in [-0.2, -0.15) is 0 Å². The Labute approximate surface area is 380 Å². The lowest BCUT2D eigenvalue weighted by Gasteiger charge is -2.14. The van der Waals surface area contributed by atoms with Gasteiger partial charge < -0.3 is 8.98 Å². The summed E-state index contributed by atoms with van der Waals surface area (Å²) in [6.45, 7) is 8.00. The van der Waals surface area contributed by atoms with Gasteiger partial charge in [-0.05, 0) is 70.9 Å². The summed E-state index contributed by atoms with van der Waals surface area (Å²) in [6.07, 6.45) is 0. The van der Waals surface area contributed by atoms with Crippen LogP contribution >= 0.6 is 11.3 Å². The van der Waals surface area contributed by atoms with Crippen molar-refractivity contribution in [2.45, 2.75) is 27.7 Å². The number of rotatable bonds is 5. The summed E-state index contributed by atoms with van der Waals surface area (Å²) in [5.41, 5.74) is 10.0. The Bertz CT molecular complexity index is 3900. The molecule has 0 bridgehead atoms. The number of thiophene rings is 1. The molecule has 0 aliphatic carbocycles. The molecule has 0 saturated carbocycles. The van der Waals surface area contributed by atoms with Gasteiger partial charge in [0.2, 0.25) is 0 Å². The van der Waals surface area contributed by atoms with Crippen molar-refractivity contribution in [1.82, 2.24) is 19.5 Å². The molecule has 4 heterocycles. The molecule has 312 valence electrons. The predicted molar refractivity (Wildman–Crippen MR) is 276 cm³/mol. The maximum atomic E-state index is 6.30. The zero-order chi connectivity index (χ0) is 44.0. The first-order valence-corrected chi connectivity index (χ1v) is 23.2. The van der Waals surface area contributed by atoms with E-state index < -0.39 is 0 Å². The number of benzene rings is 9. The van der Waals surface area contributed by atoms with Gasteiger partial charge in [-0.15, -0.1) is 11.3 Å². The molecule has 0 fully saturated rings. The number of nitrogens with zero attached hydrogens (tertiary/aromatic N) is 4.